The van der Waals surface area contributed by atoms with Crippen LogP contribution in [0.1, 0.15) is 22.3 Å². The van der Waals surface area contributed by atoms with Crippen LogP contribution in [-0.2, 0) is 11.3 Å². The number of amides is 2. The molecule has 7 nitrogen and oxygen atoms in total. The van der Waals surface area contributed by atoms with Crippen LogP contribution in [0.2, 0.25) is 0 Å². The standard InChI is InChI=1S/C20H20N4O3/c1-13-14(20(27)21-2)7-5-8-16(13)23-19(26)10-11-24-17-9-4-3-6-15(17)18(25)12-22-24/h3-9,12H,10-11H2,1-2H3,(H,21,27)(H,23,26). The van der Waals surface area contributed by atoms with Crippen molar-refractivity contribution >= 4 is 28.4 Å². The van der Waals surface area contributed by atoms with Crippen molar-refractivity contribution in [3.05, 3.63) is 70.0 Å². The second kappa shape index (κ2) is 7.82. The Kier molecular flexibility index (Phi) is 5.30. The second-order valence-electron chi connectivity index (χ2n) is 6.10. The average molecular weight is 364 g/mol. The molecule has 0 atom stereocenters. The van der Waals surface area contributed by atoms with E-state index in [1.807, 2.05) is 6.07 Å². The molecule has 7 heteroatoms. The minimum Gasteiger partial charge on any atom is -0.355 e. The van der Waals surface area contributed by atoms with Gasteiger partial charge in [0.25, 0.3) is 5.91 Å². The molecule has 0 aliphatic heterocycles. The van der Waals surface area contributed by atoms with Crippen LogP contribution in [-0.4, -0.2) is 28.6 Å². The number of hydrogen-bond donors (Lipinski definition) is 2. The van der Waals surface area contributed by atoms with Gasteiger partial charge in [0.2, 0.25) is 11.3 Å². The fourth-order valence-electron chi connectivity index (χ4n) is 2.91. The van der Waals surface area contributed by atoms with Gasteiger partial charge in [-0.05, 0) is 36.8 Å². The van der Waals surface area contributed by atoms with Crippen LogP contribution >= 0.6 is 0 Å². The first-order valence-electron chi connectivity index (χ1n) is 8.57. The molecule has 138 valence electrons. The summed E-state index contributed by atoms with van der Waals surface area (Å²) in [5, 5.41) is 10.1. The molecule has 2 aromatic carbocycles. The third kappa shape index (κ3) is 3.87. The van der Waals surface area contributed by atoms with Crippen LogP contribution in [0.5, 0.6) is 0 Å². The van der Waals surface area contributed by atoms with Crippen molar-refractivity contribution in [2.45, 2.75) is 19.9 Å². The number of nitrogens with zero attached hydrogens (tertiary/aromatic N) is 2. The third-order valence-electron chi connectivity index (χ3n) is 4.39. The van der Waals surface area contributed by atoms with E-state index < -0.39 is 0 Å². The minimum atomic E-state index is -0.201. The lowest BCUT2D eigenvalue weighted by atomic mass is 10.1. The first-order valence-corrected chi connectivity index (χ1v) is 8.57. The molecule has 2 N–H and O–H groups in total. The lowest BCUT2D eigenvalue weighted by Crippen LogP contribution is -2.21. The zero-order valence-electron chi connectivity index (χ0n) is 15.2. The number of rotatable bonds is 5. The smallest absolute Gasteiger partial charge is 0.251 e. The van der Waals surface area contributed by atoms with Crippen LogP contribution in [0.25, 0.3) is 10.9 Å². The van der Waals surface area contributed by atoms with E-state index in [-0.39, 0.29) is 23.7 Å². The fourth-order valence-corrected chi connectivity index (χ4v) is 2.91. The van der Waals surface area contributed by atoms with Gasteiger partial charge in [0.1, 0.15) is 0 Å². The molecule has 0 aliphatic rings. The van der Waals surface area contributed by atoms with Crippen molar-refractivity contribution in [3.8, 4) is 0 Å². The maximum atomic E-state index is 12.4. The Bertz CT molecular complexity index is 1070. The SMILES string of the molecule is CNC(=O)c1cccc(NC(=O)CCn2ncc(=O)c3ccccc32)c1C. The molecule has 1 heterocycles. The maximum Gasteiger partial charge on any atom is 0.251 e. The van der Waals surface area contributed by atoms with E-state index in [2.05, 4.69) is 15.7 Å². The number of benzene rings is 2. The number of fused-ring (bicyclic) bond motifs is 1. The molecule has 0 saturated heterocycles. The highest BCUT2D eigenvalue weighted by Gasteiger charge is 2.12. The number of hydrogen-bond acceptors (Lipinski definition) is 4. The molecule has 3 rings (SSSR count). The summed E-state index contributed by atoms with van der Waals surface area (Å²) < 4.78 is 1.64. The number of carbonyl (C=O) groups is 2. The van der Waals surface area contributed by atoms with Crippen LogP contribution < -0.4 is 16.1 Å². The van der Waals surface area contributed by atoms with Gasteiger partial charge in [-0.3, -0.25) is 19.1 Å². The maximum absolute atomic E-state index is 12.4. The summed E-state index contributed by atoms with van der Waals surface area (Å²) in [7, 11) is 1.56. The Morgan fingerprint density at radius 1 is 1.11 bits per heavy atom. The minimum absolute atomic E-state index is 0.145. The van der Waals surface area contributed by atoms with Crippen molar-refractivity contribution < 1.29 is 9.59 Å². The van der Waals surface area contributed by atoms with Gasteiger partial charge in [-0.2, -0.15) is 5.10 Å². The normalized spacial score (nSPS) is 10.6. The first kappa shape index (κ1) is 18.3. The highest BCUT2D eigenvalue weighted by atomic mass is 16.2. The molecule has 2 amide bonds. The Morgan fingerprint density at radius 3 is 2.67 bits per heavy atom. The van der Waals surface area contributed by atoms with E-state index >= 15 is 0 Å². The van der Waals surface area contributed by atoms with Gasteiger partial charge in [0, 0.05) is 30.1 Å². The number of aromatic nitrogens is 2. The predicted octanol–water partition coefficient (Wildman–Crippen LogP) is 2.09. The molecule has 0 bridgehead atoms. The van der Waals surface area contributed by atoms with Crippen molar-refractivity contribution in [3.63, 3.8) is 0 Å². The van der Waals surface area contributed by atoms with E-state index in [0.29, 0.717) is 34.3 Å². The van der Waals surface area contributed by atoms with E-state index in [0.717, 1.165) is 0 Å². The van der Waals surface area contributed by atoms with Crippen molar-refractivity contribution in [2.75, 3.05) is 12.4 Å². The summed E-state index contributed by atoms with van der Waals surface area (Å²) >= 11 is 0. The molecule has 1 aromatic heterocycles. The summed E-state index contributed by atoms with van der Waals surface area (Å²) in [5.41, 5.74) is 2.36. The number of anilines is 1. The number of carbonyl (C=O) groups excluding carboxylic acids is 2. The molecule has 0 fully saturated rings. The predicted molar refractivity (Wildman–Crippen MR) is 104 cm³/mol. The molecule has 0 aliphatic carbocycles. The van der Waals surface area contributed by atoms with Crippen molar-refractivity contribution in [2.24, 2.45) is 0 Å². The summed E-state index contributed by atoms with van der Waals surface area (Å²) in [6, 6.07) is 12.4. The zero-order valence-corrected chi connectivity index (χ0v) is 15.2. The lowest BCUT2D eigenvalue weighted by Gasteiger charge is -2.13. The summed E-state index contributed by atoms with van der Waals surface area (Å²) in [4.78, 5) is 36.1. The van der Waals surface area contributed by atoms with Crippen molar-refractivity contribution in [1.82, 2.24) is 15.1 Å². The summed E-state index contributed by atoms with van der Waals surface area (Å²) in [6.07, 6.45) is 1.45. The van der Waals surface area contributed by atoms with Crippen LogP contribution in [0.15, 0.2) is 53.5 Å². The topological polar surface area (TPSA) is 93.1 Å². The van der Waals surface area contributed by atoms with E-state index in [1.165, 1.54) is 6.20 Å². The van der Waals surface area contributed by atoms with Gasteiger partial charge in [0.05, 0.1) is 18.3 Å². The summed E-state index contributed by atoms with van der Waals surface area (Å²) in [6.45, 7) is 2.12. The van der Waals surface area contributed by atoms with Gasteiger partial charge < -0.3 is 10.6 Å². The largest absolute Gasteiger partial charge is 0.355 e. The van der Waals surface area contributed by atoms with E-state index in [1.54, 1.807) is 55.1 Å². The molecule has 0 unspecified atom stereocenters. The summed E-state index contributed by atoms with van der Waals surface area (Å²) in [5.74, 6) is -0.399. The quantitative estimate of drug-likeness (QED) is 0.725. The van der Waals surface area contributed by atoms with Gasteiger partial charge in [-0.15, -0.1) is 0 Å². The monoisotopic (exact) mass is 364 g/mol. The molecular weight excluding hydrogens is 344 g/mol. The first-order chi connectivity index (χ1) is 13.0. The third-order valence-corrected chi connectivity index (χ3v) is 4.39. The lowest BCUT2D eigenvalue weighted by molar-refractivity contribution is -0.116. The number of nitrogens with one attached hydrogen (secondary N) is 2. The number of para-hydroxylation sites is 1. The van der Waals surface area contributed by atoms with Crippen LogP contribution in [0, 0.1) is 6.92 Å². The second-order valence-corrected chi connectivity index (χ2v) is 6.10. The van der Waals surface area contributed by atoms with Gasteiger partial charge in [0.15, 0.2) is 0 Å². The Morgan fingerprint density at radius 2 is 1.89 bits per heavy atom. The molecule has 0 spiro atoms. The molecule has 0 radical (unpaired) electrons. The van der Waals surface area contributed by atoms with Gasteiger partial charge in [-0.1, -0.05) is 18.2 Å². The molecular formula is C20H20N4O3. The van der Waals surface area contributed by atoms with Gasteiger partial charge in [-0.25, -0.2) is 0 Å². The Labute approximate surface area is 156 Å². The zero-order chi connectivity index (χ0) is 19.4. The highest BCUT2D eigenvalue weighted by molar-refractivity contribution is 5.99. The van der Waals surface area contributed by atoms with E-state index in [4.69, 9.17) is 0 Å². The molecule has 0 saturated carbocycles. The molecule has 3 aromatic rings. The molecule has 27 heavy (non-hydrogen) atoms. The average Bonchev–Trinajstić information content (AvgIpc) is 2.69. The fraction of sp³-hybridized carbons (Fsp3) is 0.200. The Hall–Kier alpha value is -3.48. The van der Waals surface area contributed by atoms with Crippen LogP contribution in [0.3, 0.4) is 0 Å². The van der Waals surface area contributed by atoms with E-state index in [9.17, 15) is 14.4 Å². The van der Waals surface area contributed by atoms with Gasteiger partial charge >= 0.3 is 0 Å². The number of aryl methyl sites for hydroxylation is 1. The highest BCUT2D eigenvalue weighted by Crippen LogP contribution is 2.19. The van der Waals surface area contributed by atoms with Crippen molar-refractivity contribution in [1.29, 1.82) is 0 Å². The Balaban J connectivity index is 1.74. The van der Waals surface area contributed by atoms with Crippen LogP contribution in [0.4, 0.5) is 5.69 Å².